The Balaban J connectivity index is 1.81. The highest BCUT2D eigenvalue weighted by molar-refractivity contribution is 5.58. The number of piperidine rings is 1. The number of nitrogens with zero attached hydrogens (tertiary/aromatic N) is 4. The monoisotopic (exact) mass is 344 g/mol. The van der Waals surface area contributed by atoms with Gasteiger partial charge in [-0.25, -0.2) is 0 Å². The van der Waals surface area contributed by atoms with Crippen molar-refractivity contribution in [1.82, 2.24) is 10.2 Å². The molecule has 1 N–H and O–H groups in total. The van der Waals surface area contributed by atoms with Crippen molar-refractivity contribution in [3.05, 3.63) is 16.8 Å². The van der Waals surface area contributed by atoms with Crippen LogP contribution in [-0.4, -0.2) is 47.2 Å². The van der Waals surface area contributed by atoms with Gasteiger partial charge in [0.05, 0.1) is 17.9 Å². The highest BCUT2D eigenvalue weighted by Crippen LogP contribution is 2.51. The molecule has 1 saturated carbocycles. The van der Waals surface area contributed by atoms with Crippen molar-refractivity contribution in [3.8, 4) is 6.07 Å². The quantitative estimate of drug-likeness (QED) is 0.882. The highest BCUT2D eigenvalue weighted by atomic mass is 16.5. The van der Waals surface area contributed by atoms with E-state index in [2.05, 4.69) is 28.1 Å². The van der Waals surface area contributed by atoms with Crippen LogP contribution >= 0.6 is 0 Å². The summed E-state index contributed by atoms with van der Waals surface area (Å²) >= 11 is 0. The average molecular weight is 344 g/mol. The summed E-state index contributed by atoms with van der Waals surface area (Å²) in [7, 11) is 0. The van der Waals surface area contributed by atoms with E-state index in [9.17, 15) is 10.4 Å². The van der Waals surface area contributed by atoms with E-state index in [1.165, 1.54) is 0 Å². The molecule has 0 unspecified atom stereocenters. The van der Waals surface area contributed by atoms with Crippen LogP contribution in [0.3, 0.4) is 0 Å². The highest BCUT2D eigenvalue weighted by Gasteiger charge is 2.56. The Labute approximate surface area is 149 Å². The first-order chi connectivity index (χ1) is 12.1. The molecule has 1 spiro atoms. The zero-order valence-corrected chi connectivity index (χ0v) is 15.5. The lowest BCUT2D eigenvalue weighted by Crippen LogP contribution is -2.62. The number of hydrogen-bond acceptors (Lipinski definition) is 6. The first kappa shape index (κ1) is 18.1. The van der Waals surface area contributed by atoms with Crippen LogP contribution in [0.2, 0.25) is 0 Å². The normalized spacial score (nSPS) is 24.8. The zero-order chi connectivity index (χ0) is 18.0. The number of rotatable bonds is 5. The number of hydrogen-bond donors (Lipinski definition) is 1. The second-order valence-corrected chi connectivity index (χ2v) is 7.06. The van der Waals surface area contributed by atoms with Gasteiger partial charge in [-0.3, -0.25) is 0 Å². The van der Waals surface area contributed by atoms with E-state index >= 15 is 0 Å². The van der Waals surface area contributed by atoms with E-state index in [0.717, 1.165) is 56.5 Å². The molecule has 0 bridgehead atoms. The Kier molecular flexibility index (Phi) is 5.26. The van der Waals surface area contributed by atoms with Gasteiger partial charge in [0.15, 0.2) is 5.82 Å². The van der Waals surface area contributed by atoms with E-state index in [0.29, 0.717) is 18.0 Å². The van der Waals surface area contributed by atoms with Gasteiger partial charge in [-0.15, -0.1) is 5.10 Å². The zero-order valence-electron chi connectivity index (χ0n) is 15.5. The summed E-state index contributed by atoms with van der Waals surface area (Å²) in [5, 5.41) is 28.8. The van der Waals surface area contributed by atoms with E-state index in [1.54, 1.807) is 0 Å². The molecule has 1 aromatic rings. The molecule has 1 saturated heterocycles. The number of nitriles is 1. The summed E-state index contributed by atoms with van der Waals surface area (Å²) in [6, 6.07) is 2.36. The smallest absolute Gasteiger partial charge is 0.169 e. The molecular weight excluding hydrogens is 316 g/mol. The largest absolute Gasteiger partial charge is 0.392 e. The van der Waals surface area contributed by atoms with Crippen LogP contribution in [0.5, 0.6) is 0 Å². The second kappa shape index (κ2) is 7.27. The summed E-state index contributed by atoms with van der Waals surface area (Å²) < 4.78 is 5.84. The Bertz CT molecular complexity index is 660. The molecule has 2 fully saturated rings. The van der Waals surface area contributed by atoms with Crippen molar-refractivity contribution in [3.63, 3.8) is 0 Å². The van der Waals surface area contributed by atoms with Gasteiger partial charge < -0.3 is 14.7 Å². The standard InChI is InChI=1S/C19H28N4O2/c1-4-13-14(12-20)18(22-21-15(13)5-2)23-9-7-19(8-10-23)16(24)11-17(19)25-6-3/h16-17,24H,4-11H2,1-3H3/t16-,17-/m1/s1. The topological polar surface area (TPSA) is 82.3 Å². The number of aryl methyl sites for hydroxylation is 1. The summed E-state index contributed by atoms with van der Waals surface area (Å²) in [5.74, 6) is 0.702. The molecule has 1 aromatic heterocycles. The molecule has 6 heteroatoms. The van der Waals surface area contributed by atoms with Gasteiger partial charge in [0.25, 0.3) is 0 Å². The lowest BCUT2D eigenvalue weighted by atomic mass is 9.58. The Morgan fingerprint density at radius 2 is 1.96 bits per heavy atom. The number of anilines is 1. The molecule has 2 heterocycles. The molecule has 0 radical (unpaired) electrons. The number of aromatic nitrogens is 2. The summed E-state index contributed by atoms with van der Waals surface area (Å²) in [6.07, 6.45) is 3.92. The lowest BCUT2D eigenvalue weighted by Gasteiger charge is -2.56. The lowest BCUT2D eigenvalue weighted by molar-refractivity contribution is -0.199. The van der Waals surface area contributed by atoms with Crippen LogP contribution in [0.25, 0.3) is 0 Å². The molecule has 1 aliphatic carbocycles. The first-order valence-electron chi connectivity index (χ1n) is 9.44. The van der Waals surface area contributed by atoms with Gasteiger partial charge in [-0.1, -0.05) is 13.8 Å². The third-order valence-electron chi connectivity index (χ3n) is 6.04. The van der Waals surface area contributed by atoms with Gasteiger partial charge >= 0.3 is 0 Å². The van der Waals surface area contributed by atoms with Gasteiger partial charge in [0.1, 0.15) is 11.6 Å². The number of aliphatic hydroxyl groups excluding tert-OH is 1. The fourth-order valence-electron chi connectivity index (χ4n) is 4.45. The van der Waals surface area contributed by atoms with Crippen molar-refractivity contribution in [2.24, 2.45) is 5.41 Å². The average Bonchev–Trinajstić information content (AvgIpc) is 2.66. The maximum Gasteiger partial charge on any atom is 0.169 e. The van der Waals surface area contributed by atoms with Gasteiger partial charge in [-0.05, 0) is 38.2 Å². The van der Waals surface area contributed by atoms with Crippen LogP contribution in [0.4, 0.5) is 5.82 Å². The van der Waals surface area contributed by atoms with Crippen LogP contribution in [0.15, 0.2) is 0 Å². The van der Waals surface area contributed by atoms with Gasteiger partial charge in [0, 0.05) is 31.5 Å². The van der Waals surface area contributed by atoms with E-state index in [4.69, 9.17) is 4.74 Å². The molecule has 2 atom stereocenters. The minimum atomic E-state index is -0.276. The summed E-state index contributed by atoms with van der Waals surface area (Å²) in [4.78, 5) is 2.16. The molecule has 1 aliphatic heterocycles. The first-order valence-corrected chi connectivity index (χ1v) is 9.44. The van der Waals surface area contributed by atoms with Crippen molar-refractivity contribution >= 4 is 5.82 Å². The van der Waals surface area contributed by atoms with Gasteiger partial charge in [-0.2, -0.15) is 10.4 Å². The number of ether oxygens (including phenoxy) is 1. The van der Waals surface area contributed by atoms with Crippen LogP contribution in [0.1, 0.15) is 56.9 Å². The fraction of sp³-hybridized carbons (Fsp3) is 0.737. The Morgan fingerprint density at radius 1 is 1.24 bits per heavy atom. The molecule has 25 heavy (non-hydrogen) atoms. The summed E-state index contributed by atoms with van der Waals surface area (Å²) in [6.45, 7) is 8.34. The third-order valence-corrected chi connectivity index (χ3v) is 6.04. The molecule has 3 rings (SSSR count). The fourth-order valence-corrected chi connectivity index (χ4v) is 4.45. The minimum absolute atomic E-state index is 0.121. The number of aliphatic hydroxyl groups is 1. The molecule has 0 aromatic carbocycles. The Hall–Kier alpha value is -1.71. The van der Waals surface area contributed by atoms with Crippen LogP contribution in [0, 0.1) is 16.7 Å². The van der Waals surface area contributed by atoms with Crippen LogP contribution < -0.4 is 4.90 Å². The van der Waals surface area contributed by atoms with Gasteiger partial charge in [0.2, 0.25) is 0 Å². The van der Waals surface area contributed by atoms with Crippen molar-refractivity contribution in [1.29, 1.82) is 5.26 Å². The minimum Gasteiger partial charge on any atom is -0.392 e. The predicted octanol–water partition coefficient (Wildman–Crippen LogP) is 2.23. The van der Waals surface area contributed by atoms with Crippen molar-refractivity contribution in [2.75, 3.05) is 24.6 Å². The molecule has 6 nitrogen and oxygen atoms in total. The van der Waals surface area contributed by atoms with E-state index in [-0.39, 0.29) is 17.6 Å². The predicted molar refractivity (Wildman–Crippen MR) is 95.4 cm³/mol. The summed E-state index contributed by atoms with van der Waals surface area (Å²) in [5.41, 5.74) is 2.48. The van der Waals surface area contributed by atoms with E-state index < -0.39 is 0 Å². The Morgan fingerprint density at radius 3 is 2.48 bits per heavy atom. The van der Waals surface area contributed by atoms with Crippen molar-refractivity contribution in [2.45, 2.75) is 65.1 Å². The maximum atomic E-state index is 10.3. The van der Waals surface area contributed by atoms with E-state index in [1.807, 2.05) is 13.8 Å². The van der Waals surface area contributed by atoms with Crippen molar-refractivity contribution < 1.29 is 9.84 Å². The SMILES string of the molecule is CCO[C@@H]1C[C@@H](O)C12CCN(c1nnc(CC)c(CC)c1C#N)CC2. The molecule has 2 aliphatic rings. The maximum absolute atomic E-state index is 10.3. The molecule has 136 valence electrons. The van der Waals surface area contributed by atoms with Crippen LogP contribution in [-0.2, 0) is 17.6 Å². The molecular formula is C19H28N4O2. The molecule has 0 amide bonds. The third kappa shape index (κ3) is 2.90. The second-order valence-electron chi connectivity index (χ2n) is 7.06.